The molecule has 2 radical (unpaired) electrons. The van der Waals surface area contributed by atoms with E-state index in [1.54, 1.807) is 0 Å². The minimum absolute atomic E-state index is 0.384. The highest BCUT2D eigenvalue weighted by atomic mass is 13.9. The van der Waals surface area contributed by atoms with Gasteiger partial charge in [-0.3, -0.25) is 0 Å². The molecule has 0 bridgehead atoms. The van der Waals surface area contributed by atoms with Gasteiger partial charge in [-0.05, 0) is 5.92 Å². The molecule has 0 aliphatic heterocycles. The van der Waals surface area contributed by atoms with E-state index in [0.717, 1.165) is 6.42 Å². The molecule has 0 aromatic heterocycles. The smallest absolute Gasteiger partial charge is 0.0417 e. The zero-order chi connectivity index (χ0) is 4.28. The molecule has 0 aliphatic carbocycles. The first kappa shape index (κ1) is 5.00. The van der Waals surface area contributed by atoms with E-state index in [4.69, 9.17) is 0 Å². The fourth-order valence-corrected chi connectivity index (χ4v) is 0. The average Bonchev–Trinajstić information content (AvgIpc) is 1.38. The maximum Gasteiger partial charge on any atom is -0.0417 e. The lowest BCUT2D eigenvalue weighted by molar-refractivity contribution is 0.766. The molecule has 0 unspecified atom stereocenters. The third-order valence-electron chi connectivity index (χ3n) is 0.577. The molecule has 0 aromatic rings. The molecule has 0 saturated heterocycles. The van der Waals surface area contributed by atoms with Crippen molar-refractivity contribution >= 4 is 0 Å². The second-order valence-electron chi connectivity index (χ2n) is 1.27. The maximum absolute atomic E-state index is 3.65. The molecule has 30 valence electrons. The zero-order valence-electron chi connectivity index (χ0n) is 3.70. The van der Waals surface area contributed by atoms with Gasteiger partial charge in [0, 0.05) is 0 Å². The standard InChI is InChI=1S/C5H10/c1-4-5(2)3/h5H,2-4H2,1H3. The van der Waals surface area contributed by atoms with Crippen molar-refractivity contribution in [2.24, 2.45) is 5.92 Å². The quantitative estimate of drug-likeness (QED) is 0.440. The van der Waals surface area contributed by atoms with E-state index in [-0.39, 0.29) is 0 Å². The van der Waals surface area contributed by atoms with Gasteiger partial charge in [0.1, 0.15) is 0 Å². The summed E-state index contributed by atoms with van der Waals surface area (Å²) in [5, 5.41) is 0. The molecule has 0 spiro atoms. The summed E-state index contributed by atoms with van der Waals surface area (Å²) in [4.78, 5) is 0. The van der Waals surface area contributed by atoms with Gasteiger partial charge in [0.25, 0.3) is 0 Å². The molecule has 0 amide bonds. The van der Waals surface area contributed by atoms with Gasteiger partial charge >= 0.3 is 0 Å². The van der Waals surface area contributed by atoms with E-state index in [2.05, 4.69) is 20.8 Å². The van der Waals surface area contributed by atoms with Crippen molar-refractivity contribution in [2.75, 3.05) is 0 Å². The Morgan fingerprint density at radius 2 is 1.80 bits per heavy atom. The Labute approximate surface area is 34.2 Å². The Balaban J connectivity index is 2.54. The van der Waals surface area contributed by atoms with Gasteiger partial charge in [-0.2, -0.15) is 0 Å². The van der Waals surface area contributed by atoms with Crippen LogP contribution in [0.4, 0.5) is 0 Å². The van der Waals surface area contributed by atoms with Crippen LogP contribution in [0.5, 0.6) is 0 Å². The van der Waals surface area contributed by atoms with Gasteiger partial charge in [-0.25, -0.2) is 0 Å². The molecular formula is C5H10. The summed E-state index contributed by atoms with van der Waals surface area (Å²) >= 11 is 0. The van der Waals surface area contributed by atoms with Crippen LogP contribution < -0.4 is 0 Å². The molecule has 0 N–H and O–H groups in total. The highest BCUT2D eigenvalue weighted by molar-refractivity contribution is 4.57. The van der Waals surface area contributed by atoms with Gasteiger partial charge in [-0.15, -0.1) is 0 Å². The molecule has 5 heavy (non-hydrogen) atoms. The van der Waals surface area contributed by atoms with Crippen molar-refractivity contribution in [2.45, 2.75) is 13.3 Å². The molecular weight excluding hydrogens is 60.1 g/mol. The predicted octanol–water partition coefficient (Wildman–Crippen LogP) is 1.68. The molecule has 0 aliphatic rings. The molecule has 0 heteroatoms. The average molecular weight is 70.1 g/mol. The molecule has 0 atom stereocenters. The van der Waals surface area contributed by atoms with Gasteiger partial charge in [-0.1, -0.05) is 27.2 Å². The van der Waals surface area contributed by atoms with Gasteiger partial charge in [0.15, 0.2) is 0 Å². The monoisotopic (exact) mass is 70.1 g/mol. The van der Waals surface area contributed by atoms with Crippen LogP contribution in [-0.4, -0.2) is 0 Å². The summed E-state index contributed by atoms with van der Waals surface area (Å²) in [6.45, 7) is 9.37. The van der Waals surface area contributed by atoms with Crippen LogP contribution in [0.25, 0.3) is 0 Å². The topological polar surface area (TPSA) is 0 Å². The van der Waals surface area contributed by atoms with Crippen molar-refractivity contribution in [3.8, 4) is 0 Å². The third-order valence-corrected chi connectivity index (χ3v) is 0.577. The summed E-state index contributed by atoms with van der Waals surface area (Å²) in [5.74, 6) is 0.384. The van der Waals surface area contributed by atoms with Crippen LogP contribution in [-0.2, 0) is 0 Å². The van der Waals surface area contributed by atoms with Crippen LogP contribution >= 0.6 is 0 Å². The van der Waals surface area contributed by atoms with Crippen LogP contribution in [0.15, 0.2) is 0 Å². The summed E-state index contributed by atoms with van der Waals surface area (Å²) in [7, 11) is 0. The van der Waals surface area contributed by atoms with Gasteiger partial charge in [0.05, 0.1) is 0 Å². The van der Waals surface area contributed by atoms with Crippen molar-refractivity contribution in [3.63, 3.8) is 0 Å². The molecule has 0 fully saturated rings. The Bertz CT molecular complexity index is 14.0. The lowest BCUT2D eigenvalue weighted by atomic mass is 10.2. The summed E-state index contributed by atoms with van der Waals surface area (Å²) < 4.78 is 0. The second-order valence-corrected chi connectivity index (χ2v) is 1.27. The molecule has 0 nitrogen and oxygen atoms in total. The Kier molecular flexibility index (Phi) is 2.25. The van der Waals surface area contributed by atoms with Gasteiger partial charge in [0.2, 0.25) is 0 Å². The summed E-state index contributed by atoms with van der Waals surface area (Å²) in [5.41, 5.74) is 0. The first-order valence-electron chi connectivity index (χ1n) is 1.93. The minimum atomic E-state index is 0.384. The van der Waals surface area contributed by atoms with Gasteiger partial charge < -0.3 is 0 Å². The molecule has 0 saturated carbocycles. The van der Waals surface area contributed by atoms with Crippen molar-refractivity contribution < 1.29 is 0 Å². The fourth-order valence-electron chi connectivity index (χ4n) is 0. The first-order chi connectivity index (χ1) is 2.27. The van der Waals surface area contributed by atoms with E-state index in [1.165, 1.54) is 0 Å². The van der Waals surface area contributed by atoms with Crippen molar-refractivity contribution in [3.05, 3.63) is 13.8 Å². The summed E-state index contributed by atoms with van der Waals surface area (Å²) in [6, 6.07) is 0. The highest BCUT2D eigenvalue weighted by Crippen LogP contribution is 1.92. The highest BCUT2D eigenvalue weighted by Gasteiger charge is 1.80. The SMILES string of the molecule is [CH2]C([CH2])CC. The minimum Gasteiger partial charge on any atom is -0.0651 e. The van der Waals surface area contributed by atoms with E-state index < -0.39 is 0 Å². The van der Waals surface area contributed by atoms with Crippen molar-refractivity contribution in [1.82, 2.24) is 0 Å². The van der Waals surface area contributed by atoms with E-state index in [0.29, 0.717) is 5.92 Å². The van der Waals surface area contributed by atoms with Crippen LogP contribution in [0.3, 0.4) is 0 Å². The van der Waals surface area contributed by atoms with Crippen LogP contribution in [0, 0.1) is 19.8 Å². The Morgan fingerprint density at radius 3 is 1.80 bits per heavy atom. The number of rotatable bonds is 1. The zero-order valence-corrected chi connectivity index (χ0v) is 3.70. The number of hydrogen-bond donors (Lipinski definition) is 0. The van der Waals surface area contributed by atoms with E-state index in [1.807, 2.05) is 0 Å². The Hall–Kier alpha value is 0. The van der Waals surface area contributed by atoms with E-state index >= 15 is 0 Å². The molecule has 0 aromatic carbocycles. The van der Waals surface area contributed by atoms with E-state index in [9.17, 15) is 0 Å². The largest absolute Gasteiger partial charge is 0.0651 e. The van der Waals surface area contributed by atoms with Crippen LogP contribution in [0.1, 0.15) is 13.3 Å². The maximum atomic E-state index is 3.65. The molecule has 0 heterocycles. The molecule has 0 rings (SSSR count). The summed E-state index contributed by atoms with van der Waals surface area (Å²) in [6.07, 6.45) is 1.08. The first-order valence-corrected chi connectivity index (χ1v) is 1.93. The lowest BCUT2D eigenvalue weighted by Gasteiger charge is -1.90. The Morgan fingerprint density at radius 1 is 1.60 bits per heavy atom. The fraction of sp³-hybridized carbons (Fsp3) is 0.600. The predicted molar refractivity (Wildman–Crippen MR) is 24.5 cm³/mol. The normalized spacial score (nSPS) is 9.60. The second kappa shape index (κ2) is 2.25. The number of hydrogen-bond acceptors (Lipinski definition) is 0. The van der Waals surface area contributed by atoms with Crippen molar-refractivity contribution in [1.29, 1.82) is 0 Å². The van der Waals surface area contributed by atoms with Crippen LogP contribution in [0.2, 0.25) is 0 Å². The lowest BCUT2D eigenvalue weighted by Crippen LogP contribution is -1.78. The third kappa shape index (κ3) is 4.00.